The van der Waals surface area contributed by atoms with E-state index in [1.54, 1.807) is 0 Å². The minimum atomic E-state index is -1.60. The van der Waals surface area contributed by atoms with Crippen LogP contribution in [0.5, 0.6) is 0 Å². The summed E-state index contributed by atoms with van der Waals surface area (Å²) in [5.41, 5.74) is 0. The summed E-state index contributed by atoms with van der Waals surface area (Å²) in [6.07, 6.45) is 0.378. The lowest BCUT2D eigenvalue weighted by Gasteiger charge is -2.45. The molecule has 0 aromatic heterocycles. The van der Waals surface area contributed by atoms with Crippen LogP contribution in [0.4, 0.5) is 0 Å². The maximum absolute atomic E-state index is 10.5. The highest BCUT2D eigenvalue weighted by atomic mass is 16.8. The Morgan fingerprint density at radius 3 is 1.23 bits per heavy atom. The van der Waals surface area contributed by atoms with Crippen molar-refractivity contribution < 1.29 is 44.8 Å². The Morgan fingerprint density at radius 1 is 0.487 bits per heavy atom. The van der Waals surface area contributed by atoms with Gasteiger partial charge in [-0.25, -0.2) is 0 Å². The molecule has 39 heavy (non-hydrogen) atoms. The molecule has 10 atom stereocenters. The van der Waals surface area contributed by atoms with E-state index in [0.717, 1.165) is 38.8 Å². The first-order chi connectivity index (χ1) is 18.8. The molecule has 8 N–H and O–H groups in total. The number of hydrogen-bond acceptors (Lipinski definition) is 11. The van der Waals surface area contributed by atoms with Crippen molar-refractivity contribution in [1.82, 2.24) is 10.6 Å². The van der Waals surface area contributed by atoms with Crippen LogP contribution in [-0.4, -0.2) is 118 Å². The second-order valence-electron chi connectivity index (χ2n) is 11.1. The number of aliphatic hydroxyl groups is 6. The minimum Gasteiger partial charge on any atom is -0.388 e. The molecule has 232 valence electrons. The largest absolute Gasteiger partial charge is 0.388 e. The van der Waals surface area contributed by atoms with E-state index in [0.29, 0.717) is 0 Å². The Kier molecular flexibility index (Phi) is 17.5. The van der Waals surface area contributed by atoms with Gasteiger partial charge in [-0.15, -0.1) is 0 Å². The lowest BCUT2D eigenvalue weighted by molar-refractivity contribution is -0.372. The average molecular weight is 565 g/mol. The highest BCUT2D eigenvalue weighted by Crippen LogP contribution is 2.28. The summed E-state index contributed by atoms with van der Waals surface area (Å²) in [5, 5.41) is 69.0. The van der Waals surface area contributed by atoms with E-state index in [4.69, 9.17) is 14.2 Å². The molecule has 0 amide bonds. The zero-order chi connectivity index (χ0) is 28.6. The first-order valence-electron chi connectivity index (χ1n) is 15.3. The van der Waals surface area contributed by atoms with Crippen molar-refractivity contribution in [2.75, 3.05) is 26.2 Å². The molecule has 0 radical (unpaired) electrons. The third-order valence-corrected chi connectivity index (χ3v) is 7.71. The summed E-state index contributed by atoms with van der Waals surface area (Å²) in [6, 6.07) is 0. The first-order valence-corrected chi connectivity index (χ1v) is 15.3. The fraction of sp³-hybridized carbons (Fsp3) is 1.00. The highest BCUT2D eigenvalue weighted by molar-refractivity contribution is 4.93. The molecular weight excluding hydrogens is 508 g/mol. The molecule has 2 aliphatic rings. The molecular formula is C28H56N2O9. The van der Waals surface area contributed by atoms with Crippen LogP contribution in [0.15, 0.2) is 0 Å². The molecule has 0 spiro atoms. The summed E-state index contributed by atoms with van der Waals surface area (Å²) in [5.74, 6) is 0. The summed E-state index contributed by atoms with van der Waals surface area (Å²) in [7, 11) is 0. The van der Waals surface area contributed by atoms with Crippen LogP contribution in [0.2, 0.25) is 0 Å². The fourth-order valence-corrected chi connectivity index (χ4v) is 5.08. The van der Waals surface area contributed by atoms with Crippen LogP contribution >= 0.6 is 0 Å². The maximum atomic E-state index is 10.5. The SMILES string of the molecule is CCCCCCCCNC[C@H]1O[C@H](O[C@H]2O[C@H](CNCCCCCCCC)[C@@H](O)[C@H](O)[C@H]2O)[C@H](O)[C@@H](O)[C@@H]1O. The number of nitrogens with one attached hydrogen (secondary N) is 2. The highest BCUT2D eigenvalue weighted by Gasteiger charge is 2.49. The Morgan fingerprint density at radius 2 is 0.846 bits per heavy atom. The molecule has 2 heterocycles. The molecule has 0 aliphatic carbocycles. The average Bonchev–Trinajstić information content (AvgIpc) is 2.93. The molecule has 11 nitrogen and oxygen atoms in total. The molecule has 2 rings (SSSR count). The van der Waals surface area contributed by atoms with Gasteiger partial charge in [-0.3, -0.25) is 0 Å². The van der Waals surface area contributed by atoms with E-state index in [2.05, 4.69) is 24.5 Å². The zero-order valence-electron chi connectivity index (χ0n) is 24.0. The molecule has 0 bridgehead atoms. The molecule has 0 aromatic carbocycles. The summed E-state index contributed by atoms with van der Waals surface area (Å²) >= 11 is 0. The molecule has 11 heteroatoms. The third-order valence-electron chi connectivity index (χ3n) is 7.71. The van der Waals surface area contributed by atoms with Gasteiger partial charge in [-0.1, -0.05) is 78.1 Å². The monoisotopic (exact) mass is 564 g/mol. The second-order valence-corrected chi connectivity index (χ2v) is 11.1. The Hall–Kier alpha value is -0.440. The van der Waals surface area contributed by atoms with Gasteiger partial charge in [-0.2, -0.15) is 0 Å². The van der Waals surface area contributed by atoms with E-state index in [1.807, 2.05) is 0 Å². The van der Waals surface area contributed by atoms with Crippen molar-refractivity contribution in [3.05, 3.63) is 0 Å². The van der Waals surface area contributed by atoms with Gasteiger partial charge < -0.3 is 55.5 Å². The van der Waals surface area contributed by atoms with E-state index in [9.17, 15) is 30.6 Å². The van der Waals surface area contributed by atoms with Crippen molar-refractivity contribution in [3.63, 3.8) is 0 Å². The quantitative estimate of drug-likeness (QED) is 0.0969. The van der Waals surface area contributed by atoms with Gasteiger partial charge in [0.05, 0.1) is 0 Å². The summed E-state index contributed by atoms with van der Waals surface area (Å²) < 4.78 is 17.2. The van der Waals surface area contributed by atoms with Gasteiger partial charge in [0, 0.05) is 13.1 Å². The first kappa shape index (κ1) is 34.8. The van der Waals surface area contributed by atoms with Crippen LogP contribution in [0.1, 0.15) is 90.9 Å². The van der Waals surface area contributed by atoms with E-state index < -0.39 is 61.4 Å². The zero-order valence-corrected chi connectivity index (χ0v) is 24.0. The van der Waals surface area contributed by atoms with Gasteiger partial charge in [0.1, 0.15) is 48.8 Å². The predicted octanol–water partition coefficient (Wildman–Crippen LogP) is 0.518. The lowest BCUT2D eigenvalue weighted by atomic mass is 9.97. The molecule has 0 saturated carbocycles. The van der Waals surface area contributed by atoms with Crippen molar-refractivity contribution in [2.24, 2.45) is 0 Å². The van der Waals surface area contributed by atoms with Gasteiger partial charge >= 0.3 is 0 Å². The molecule has 2 aliphatic heterocycles. The van der Waals surface area contributed by atoms with Crippen molar-refractivity contribution >= 4 is 0 Å². The number of hydrogen-bond donors (Lipinski definition) is 8. The van der Waals surface area contributed by atoms with Crippen LogP contribution in [0.3, 0.4) is 0 Å². The Balaban J connectivity index is 1.81. The van der Waals surface area contributed by atoms with E-state index in [1.165, 1.54) is 51.4 Å². The van der Waals surface area contributed by atoms with Gasteiger partial charge in [-0.05, 0) is 25.9 Å². The van der Waals surface area contributed by atoms with Gasteiger partial charge in [0.2, 0.25) is 0 Å². The Labute approximate surface area is 234 Å². The van der Waals surface area contributed by atoms with Crippen molar-refractivity contribution in [2.45, 2.75) is 152 Å². The lowest BCUT2D eigenvalue weighted by Crippen LogP contribution is -2.64. The summed E-state index contributed by atoms with van der Waals surface area (Å²) in [6.45, 7) is 6.29. The van der Waals surface area contributed by atoms with Gasteiger partial charge in [0.15, 0.2) is 12.6 Å². The van der Waals surface area contributed by atoms with Crippen LogP contribution < -0.4 is 10.6 Å². The molecule has 0 aromatic rings. The number of ether oxygens (including phenoxy) is 3. The smallest absolute Gasteiger partial charge is 0.189 e. The minimum absolute atomic E-state index is 0.236. The number of aliphatic hydroxyl groups excluding tert-OH is 6. The standard InChI is InChI=1S/C28H56N2O9/c1-3-5-7-9-11-13-15-29-17-19-21(31)23(33)25(35)27(37-19)39-28-26(36)24(34)22(32)20(38-28)18-30-16-14-12-10-8-6-4-2/h19-36H,3-18H2,1-2H3/t19-,20-,21-,22-,23+,24+,25-,26-,27-,28-/m1/s1. The predicted molar refractivity (Wildman–Crippen MR) is 147 cm³/mol. The number of unbranched alkanes of at least 4 members (excludes halogenated alkanes) is 10. The van der Waals surface area contributed by atoms with Crippen molar-refractivity contribution in [3.8, 4) is 0 Å². The Bertz CT molecular complexity index is 570. The third kappa shape index (κ3) is 11.8. The number of rotatable bonds is 20. The summed E-state index contributed by atoms with van der Waals surface area (Å²) in [4.78, 5) is 0. The second kappa shape index (κ2) is 19.6. The molecule has 0 unspecified atom stereocenters. The molecule has 2 saturated heterocycles. The van der Waals surface area contributed by atoms with Crippen LogP contribution in [0, 0.1) is 0 Å². The van der Waals surface area contributed by atoms with Crippen LogP contribution in [-0.2, 0) is 14.2 Å². The fourth-order valence-electron chi connectivity index (χ4n) is 5.08. The maximum Gasteiger partial charge on any atom is 0.189 e. The van der Waals surface area contributed by atoms with E-state index >= 15 is 0 Å². The van der Waals surface area contributed by atoms with Crippen molar-refractivity contribution in [1.29, 1.82) is 0 Å². The van der Waals surface area contributed by atoms with Gasteiger partial charge in [0.25, 0.3) is 0 Å². The normalized spacial score (nSPS) is 35.4. The van der Waals surface area contributed by atoms with Crippen LogP contribution in [0.25, 0.3) is 0 Å². The molecule has 2 fully saturated rings. The van der Waals surface area contributed by atoms with E-state index in [-0.39, 0.29) is 13.1 Å². The topological polar surface area (TPSA) is 173 Å².